The van der Waals surface area contributed by atoms with Crippen LogP contribution in [0, 0.1) is 5.92 Å². The Hall–Kier alpha value is 0.0700. The maximum Gasteiger partial charge on any atom is 0.0246 e. The summed E-state index contributed by atoms with van der Waals surface area (Å²) in [5, 5.41) is 3.57. The van der Waals surface area contributed by atoms with Crippen molar-refractivity contribution in [3.8, 4) is 0 Å². The molecule has 0 aromatic carbocycles. The Labute approximate surface area is 102 Å². The lowest BCUT2D eigenvalue weighted by Crippen LogP contribution is -2.40. The zero-order valence-corrected chi connectivity index (χ0v) is 11.7. The molecule has 1 fully saturated rings. The lowest BCUT2D eigenvalue weighted by atomic mass is 9.98. The second kappa shape index (κ2) is 7.41. The van der Waals surface area contributed by atoms with E-state index in [1.54, 1.807) is 6.26 Å². The van der Waals surface area contributed by atoms with Crippen LogP contribution < -0.4 is 5.32 Å². The van der Waals surface area contributed by atoms with E-state index in [9.17, 15) is 4.21 Å². The van der Waals surface area contributed by atoms with E-state index in [1.165, 1.54) is 25.9 Å². The molecular weight excluding hydrogens is 220 g/mol. The van der Waals surface area contributed by atoms with Gasteiger partial charge in [-0.25, -0.2) is 0 Å². The highest BCUT2D eigenvalue weighted by atomic mass is 32.2. The largest absolute Gasteiger partial charge is 0.314 e. The van der Waals surface area contributed by atoms with Gasteiger partial charge in [0.2, 0.25) is 0 Å². The Kier molecular flexibility index (Phi) is 6.54. The fraction of sp³-hybridized carbons (Fsp3) is 1.00. The summed E-state index contributed by atoms with van der Waals surface area (Å²) in [6.45, 7) is 5.78. The van der Waals surface area contributed by atoms with Gasteiger partial charge in [0.05, 0.1) is 0 Å². The van der Waals surface area contributed by atoms with Gasteiger partial charge in [-0.3, -0.25) is 4.21 Å². The van der Waals surface area contributed by atoms with E-state index in [2.05, 4.69) is 24.2 Å². The van der Waals surface area contributed by atoms with Crippen LogP contribution in [0.3, 0.4) is 0 Å². The molecule has 0 radical (unpaired) electrons. The Morgan fingerprint density at radius 3 is 2.94 bits per heavy atom. The lowest BCUT2D eigenvalue weighted by Gasteiger charge is -2.30. The SMILES string of the molecule is CC(CCS(C)=O)NCC1CCCN(C)C1. The maximum absolute atomic E-state index is 11.0. The summed E-state index contributed by atoms with van der Waals surface area (Å²) in [6.07, 6.45) is 5.48. The van der Waals surface area contributed by atoms with Crippen LogP contribution in [0.1, 0.15) is 26.2 Å². The minimum absolute atomic E-state index is 0.496. The van der Waals surface area contributed by atoms with E-state index >= 15 is 0 Å². The van der Waals surface area contributed by atoms with Gasteiger partial charge in [0.15, 0.2) is 0 Å². The first kappa shape index (κ1) is 14.1. The van der Waals surface area contributed by atoms with E-state index < -0.39 is 10.8 Å². The predicted octanol–water partition coefficient (Wildman–Crippen LogP) is 1.07. The van der Waals surface area contributed by atoms with E-state index in [0.717, 1.165) is 24.6 Å². The standard InChI is InChI=1S/C12H26N2OS/c1-11(6-8-16(3)15)13-9-12-5-4-7-14(2)10-12/h11-13H,4-10H2,1-3H3. The summed E-state index contributed by atoms with van der Waals surface area (Å²) >= 11 is 0. The number of likely N-dealkylation sites (tertiary alicyclic amines) is 1. The van der Waals surface area contributed by atoms with Gasteiger partial charge in [-0.05, 0) is 52.2 Å². The van der Waals surface area contributed by atoms with Crippen molar-refractivity contribution in [3.05, 3.63) is 0 Å². The summed E-state index contributed by atoms with van der Waals surface area (Å²) in [5.41, 5.74) is 0. The third-order valence-corrected chi connectivity index (χ3v) is 4.13. The summed E-state index contributed by atoms with van der Waals surface area (Å²) in [6, 6.07) is 0.496. The highest BCUT2D eigenvalue weighted by Gasteiger charge is 2.17. The fourth-order valence-electron chi connectivity index (χ4n) is 2.25. The van der Waals surface area contributed by atoms with Gasteiger partial charge >= 0.3 is 0 Å². The first-order valence-corrected chi connectivity index (χ1v) is 8.02. The van der Waals surface area contributed by atoms with Crippen molar-refractivity contribution >= 4 is 10.8 Å². The van der Waals surface area contributed by atoms with Crippen LogP contribution in [0.5, 0.6) is 0 Å². The summed E-state index contributed by atoms with van der Waals surface area (Å²) in [4.78, 5) is 2.42. The van der Waals surface area contributed by atoms with Crippen molar-refractivity contribution in [2.45, 2.75) is 32.2 Å². The maximum atomic E-state index is 11.0. The Morgan fingerprint density at radius 1 is 1.56 bits per heavy atom. The summed E-state index contributed by atoms with van der Waals surface area (Å²) < 4.78 is 11.0. The zero-order chi connectivity index (χ0) is 12.0. The van der Waals surface area contributed by atoms with Crippen LogP contribution in [-0.2, 0) is 10.8 Å². The number of nitrogens with zero attached hydrogens (tertiary/aromatic N) is 1. The molecule has 3 atom stereocenters. The number of hydrogen-bond acceptors (Lipinski definition) is 3. The van der Waals surface area contributed by atoms with Crippen LogP contribution in [0.4, 0.5) is 0 Å². The fourth-order valence-corrected chi connectivity index (χ4v) is 2.94. The molecule has 16 heavy (non-hydrogen) atoms. The summed E-state index contributed by atoms with van der Waals surface area (Å²) in [5.74, 6) is 1.62. The monoisotopic (exact) mass is 246 g/mol. The minimum Gasteiger partial charge on any atom is -0.314 e. The Bertz CT molecular complexity index is 223. The molecule has 96 valence electrons. The topological polar surface area (TPSA) is 32.3 Å². The van der Waals surface area contributed by atoms with Crippen LogP contribution in [-0.4, -0.2) is 53.8 Å². The van der Waals surface area contributed by atoms with Gasteiger partial charge in [0.25, 0.3) is 0 Å². The molecule has 1 N–H and O–H groups in total. The number of hydrogen-bond donors (Lipinski definition) is 1. The first-order chi connectivity index (χ1) is 7.58. The molecule has 3 nitrogen and oxygen atoms in total. The van der Waals surface area contributed by atoms with Crippen molar-refractivity contribution in [1.82, 2.24) is 10.2 Å². The second-order valence-corrected chi connectivity index (χ2v) is 6.70. The highest BCUT2D eigenvalue weighted by molar-refractivity contribution is 7.84. The van der Waals surface area contributed by atoms with Crippen molar-refractivity contribution in [2.24, 2.45) is 5.92 Å². The quantitative estimate of drug-likeness (QED) is 0.761. The molecule has 0 aliphatic carbocycles. The molecule has 0 aromatic heterocycles. The van der Waals surface area contributed by atoms with Gasteiger partial charge in [-0.1, -0.05) is 0 Å². The Morgan fingerprint density at radius 2 is 2.31 bits per heavy atom. The van der Waals surface area contributed by atoms with E-state index in [-0.39, 0.29) is 0 Å². The van der Waals surface area contributed by atoms with Crippen molar-refractivity contribution in [2.75, 3.05) is 38.7 Å². The summed E-state index contributed by atoms with van der Waals surface area (Å²) in [7, 11) is 1.56. The molecule has 1 aliphatic heterocycles. The molecule has 1 rings (SSSR count). The molecule has 1 saturated heterocycles. The van der Waals surface area contributed by atoms with Crippen molar-refractivity contribution in [1.29, 1.82) is 0 Å². The van der Waals surface area contributed by atoms with Crippen LogP contribution in [0.15, 0.2) is 0 Å². The molecular formula is C12H26N2OS. The van der Waals surface area contributed by atoms with E-state index in [1.807, 2.05) is 0 Å². The zero-order valence-electron chi connectivity index (χ0n) is 10.9. The van der Waals surface area contributed by atoms with Gasteiger partial charge in [-0.2, -0.15) is 0 Å². The molecule has 1 heterocycles. The Balaban J connectivity index is 2.10. The van der Waals surface area contributed by atoms with E-state index in [0.29, 0.717) is 6.04 Å². The minimum atomic E-state index is -0.648. The molecule has 0 bridgehead atoms. The van der Waals surface area contributed by atoms with Crippen LogP contribution >= 0.6 is 0 Å². The van der Waals surface area contributed by atoms with Crippen molar-refractivity contribution in [3.63, 3.8) is 0 Å². The molecule has 0 spiro atoms. The highest BCUT2D eigenvalue weighted by Crippen LogP contribution is 2.14. The normalized spacial score (nSPS) is 26.6. The molecule has 1 aliphatic rings. The average molecular weight is 246 g/mol. The first-order valence-electron chi connectivity index (χ1n) is 6.30. The number of piperidine rings is 1. The van der Waals surface area contributed by atoms with Gasteiger partial charge < -0.3 is 10.2 Å². The lowest BCUT2D eigenvalue weighted by molar-refractivity contribution is 0.203. The van der Waals surface area contributed by atoms with Crippen LogP contribution in [0.25, 0.3) is 0 Å². The van der Waals surface area contributed by atoms with Crippen molar-refractivity contribution < 1.29 is 4.21 Å². The van der Waals surface area contributed by atoms with Crippen LogP contribution in [0.2, 0.25) is 0 Å². The third-order valence-electron chi connectivity index (χ3n) is 3.32. The predicted molar refractivity (Wildman–Crippen MR) is 71.2 cm³/mol. The van der Waals surface area contributed by atoms with Gasteiger partial charge in [0.1, 0.15) is 0 Å². The smallest absolute Gasteiger partial charge is 0.0246 e. The number of nitrogens with one attached hydrogen (secondary N) is 1. The molecule has 0 amide bonds. The molecule has 4 heteroatoms. The van der Waals surface area contributed by atoms with Gasteiger partial charge in [0, 0.05) is 35.4 Å². The number of rotatable bonds is 6. The molecule has 3 unspecified atom stereocenters. The molecule has 0 saturated carbocycles. The van der Waals surface area contributed by atoms with E-state index in [4.69, 9.17) is 0 Å². The van der Waals surface area contributed by atoms with Gasteiger partial charge in [-0.15, -0.1) is 0 Å². The third kappa shape index (κ3) is 5.97. The molecule has 0 aromatic rings. The second-order valence-electron chi connectivity index (χ2n) is 5.15. The average Bonchev–Trinajstić information content (AvgIpc) is 2.23.